The minimum Gasteiger partial charge on any atom is -0.491 e. The number of aromatic nitrogens is 1. The monoisotopic (exact) mass is 268 g/mol. The van der Waals surface area contributed by atoms with Gasteiger partial charge in [0, 0.05) is 7.05 Å². The third-order valence-corrected chi connectivity index (χ3v) is 2.30. The third kappa shape index (κ3) is 3.74. The van der Waals surface area contributed by atoms with E-state index in [4.69, 9.17) is 14.2 Å². The van der Waals surface area contributed by atoms with Crippen LogP contribution < -0.4 is 14.4 Å². The number of amides is 1. The molecule has 1 aromatic heterocycles. The van der Waals surface area contributed by atoms with Gasteiger partial charge >= 0.3 is 6.09 Å². The van der Waals surface area contributed by atoms with Crippen molar-refractivity contribution in [2.75, 3.05) is 26.2 Å². The Kier molecular flexibility index (Phi) is 4.58. The van der Waals surface area contributed by atoms with Gasteiger partial charge in [0.2, 0.25) is 0 Å². The zero-order valence-electron chi connectivity index (χ0n) is 12.2. The van der Waals surface area contributed by atoms with Crippen LogP contribution in [0.5, 0.6) is 11.5 Å². The van der Waals surface area contributed by atoms with Gasteiger partial charge in [0.15, 0.2) is 11.5 Å². The Morgan fingerprint density at radius 2 is 1.84 bits per heavy atom. The molecule has 0 saturated carbocycles. The molecule has 0 aliphatic carbocycles. The second kappa shape index (κ2) is 5.77. The van der Waals surface area contributed by atoms with Crippen molar-refractivity contribution in [1.29, 1.82) is 0 Å². The van der Waals surface area contributed by atoms with Crippen LogP contribution in [0.1, 0.15) is 20.8 Å². The zero-order chi connectivity index (χ0) is 14.6. The summed E-state index contributed by atoms with van der Waals surface area (Å²) < 4.78 is 15.7. The van der Waals surface area contributed by atoms with E-state index in [1.54, 1.807) is 27.8 Å². The predicted molar refractivity (Wildman–Crippen MR) is 72.0 cm³/mol. The van der Waals surface area contributed by atoms with Crippen molar-refractivity contribution in [2.24, 2.45) is 0 Å². The van der Waals surface area contributed by atoms with E-state index in [1.165, 1.54) is 31.5 Å². The lowest BCUT2D eigenvalue weighted by Crippen LogP contribution is -2.34. The molecular weight excluding hydrogens is 248 g/mol. The molecule has 0 saturated heterocycles. The minimum absolute atomic E-state index is 0.436. The molecule has 0 bridgehead atoms. The molecule has 1 aromatic rings. The molecule has 1 amide bonds. The fraction of sp³-hybridized carbons (Fsp3) is 0.538. The Labute approximate surface area is 113 Å². The van der Waals surface area contributed by atoms with E-state index in [2.05, 4.69) is 4.98 Å². The Morgan fingerprint density at radius 3 is 2.32 bits per heavy atom. The summed E-state index contributed by atoms with van der Waals surface area (Å²) in [6.45, 7) is 5.42. The molecule has 0 atom stereocenters. The standard InChI is InChI=1S/C13H20N2O4/c1-13(2,3)19-12(16)15(4)9-7-14-8-10(17-5)11(9)18-6/h7-8H,1-6H3. The van der Waals surface area contributed by atoms with Crippen molar-refractivity contribution in [3.63, 3.8) is 0 Å². The van der Waals surface area contributed by atoms with Gasteiger partial charge in [-0.1, -0.05) is 0 Å². The molecule has 1 heterocycles. The molecule has 1 rings (SSSR count). The first-order chi connectivity index (χ1) is 8.80. The Bertz CT molecular complexity index is 454. The number of methoxy groups -OCH3 is 2. The van der Waals surface area contributed by atoms with E-state index in [0.717, 1.165) is 0 Å². The molecular formula is C13H20N2O4. The fourth-order valence-corrected chi connectivity index (χ4v) is 1.44. The highest BCUT2D eigenvalue weighted by molar-refractivity contribution is 5.89. The lowest BCUT2D eigenvalue weighted by Gasteiger charge is -2.25. The molecule has 6 heteroatoms. The second-order valence-corrected chi connectivity index (χ2v) is 4.93. The van der Waals surface area contributed by atoms with Crippen LogP contribution in [-0.4, -0.2) is 37.9 Å². The van der Waals surface area contributed by atoms with Crippen LogP contribution in [0.2, 0.25) is 0 Å². The number of anilines is 1. The first kappa shape index (κ1) is 15.1. The van der Waals surface area contributed by atoms with E-state index in [9.17, 15) is 4.79 Å². The Hall–Kier alpha value is -1.98. The number of hydrogen-bond acceptors (Lipinski definition) is 5. The third-order valence-electron chi connectivity index (χ3n) is 2.30. The van der Waals surface area contributed by atoms with Gasteiger partial charge < -0.3 is 14.2 Å². The van der Waals surface area contributed by atoms with Gasteiger partial charge in [0.05, 0.1) is 26.6 Å². The largest absolute Gasteiger partial charge is 0.491 e. The second-order valence-electron chi connectivity index (χ2n) is 4.93. The normalized spacial score (nSPS) is 10.8. The van der Waals surface area contributed by atoms with Crippen LogP contribution in [-0.2, 0) is 4.74 Å². The van der Waals surface area contributed by atoms with Gasteiger partial charge in [-0.15, -0.1) is 0 Å². The van der Waals surface area contributed by atoms with E-state index >= 15 is 0 Å². The number of carbonyl (C=O) groups is 1. The zero-order valence-corrected chi connectivity index (χ0v) is 12.2. The van der Waals surface area contributed by atoms with E-state index in [1.807, 2.05) is 0 Å². The Morgan fingerprint density at radius 1 is 1.21 bits per heavy atom. The molecule has 19 heavy (non-hydrogen) atoms. The fourth-order valence-electron chi connectivity index (χ4n) is 1.44. The van der Waals surface area contributed by atoms with Crippen LogP contribution >= 0.6 is 0 Å². The number of rotatable bonds is 3. The smallest absolute Gasteiger partial charge is 0.414 e. The molecule has 0 spiro atoms. The first-order valence-corrected chi connectivity index (χ1v) is 5.83. The number of carbonyl (C=O) groups excluding carboxylic acids is 1. The molecule has 0 unspecified atom stereocenters. The van der Waals surface area contributed by atoms with Crippen LogP contribution in [0, 0.1) is 0 Å². The van der Waals surface area contributed by atoms with Gasteiger partial charge in [0.1, 0.15) is 11.3 Å². The van der Waals surface area contributed by atoms with Crippen LogP contribution in [0.3, 0.4) is 0 Å². The van der Waals surface area contributed by atoms with Gasteiger partial charge in [-0.05, 0) is 20.8 Å². The lowest BCUT2D eigenvalue weighted by atomic mass is 10.2. The summed E-state index contributed by atoms with van der Waals surface area (Å²) in [5, 5.41) is 0. The lowest BCUT2D eigenvalue weighted by molar-refractivity contribution is 0.0588. The van der Waals surface area contributed by atoms with E-state index < -0.39 is 11.7 Å². The van der Waals surface area contributed by atoms with Gasteiger partial charge in [0.25, 0.3) is 0 Å². The van der Waals surface area contributed by atoms with Crippen molar-refractivity contribution in [3.05, 3.63) is 12.4 Å². The van der Waals surface area contributed by atoms with Gasteiger partial charge in [-0.25, -0.2) is 4.79 Å². The number of nitrogens with zero attached hydrogens (tertiary/aromatic N) is 2. The van der Waals surface area contributed by atoms with Gasteiger partial charge in [-0.2, -0.15) is 0 Å². The summed E-state index contributed by atoms with van der Waals surface area (Å²) in [5.41, 5.74) is -0.0821. The molecule has 0 aromatic carbocycles. The van der Waals surface area contributed by atoms with Crippen molar-refractivity contribution < 1.29 is 19.0 Å². The number of hydrogen-bond donors (Lipinski definition) is 0. The SMILES string of the molecule is COc1cncc(N(C)C(=O)OC(C)(C)C)c1OC. The molecule has 6 nitrogen and oxygen atoms in total. The predicted octanol–water partition coefficient (Wildman–Crippen LogP) is 2.47. The van der Waals surface area contributed by atoms with Crippen LogP contribution in [0.15, 0.2) is 12.4 Å². The van der Waals surface area contributed by atoms with Crippen molar-refractivity contribution in [3.8, 4) is 11.5 Å². The van der Waals surface area contributed by atoms with Gasteiger partial charge in [-0.3, -0.25) is 9.88 Å². The maximum absolute atomic E-state index is 12.0. The summed E-state index contributed by atoms with van der Waals surface area (Å²) in [5.74, 6) is 0.890. The highest BCUT2D eigenvalue weighted by Gasteiger charge is 2.24. The summed E-state index contributed by atoms with van der Waals surface area (Å²) in [4.78, 5) is 17.3. The number of ether oxygens (including phenoxy) is 3. The van der Waals surface area contributed by atoms with Crippen molar-refractivity contribution in [2.45, 2.75) is 26.4 Å². The summed E-state index contributed by atoms with van der Waals surface area (Å²) in [6, 6.07) is 0. The number of pyridine rings is 1. The topological polar surface area (TPSA) is 60.9 Å². The molecule has 0 aliphatic heterocycles. The average Bonchev–Trinajstić information content (AvgIpc) is 2.34. The molecule has 0 aliphatic rings. The van der Waals surface area contributed by atoms with Crippen LogP contribution in [0.25, 0.3) is 0 Å². The minimum atomic E-state index is -0.565. The summed E-state index contributed by atoms with van der Waals surface area (Å²) in [7, 11) is 4.61. The molecule has 0 radical (unpaired) electrons. The molecule has 0 fully saturated rings. The quantitative estimate of drug-likeness (QED) is 0.842. The van der Waals surface area contributed by atoms with E-state index in [-0.39, 0.29) is 0 Å². The van der Waals surface area contributed by atoms with Crippen molar-refractivity contribution in [1.82, 2.24) is 4.98 Å². The van der Waals surface area contributed by atoms with Crippen molar-refractivity contribution >= 4 is 11.8 Å². The average molecular weight is 268 g/mol. The van der Waals surface area contributed by atoms with Crippen LogP contribution in [0.4, 0.5) is 10.5 Å². The molecule has 0 N–H and O–H groups in total. The Balaban J connectivity index is 3.05. The maximum atomic E-state index is 12.0. The summed E-state index contributed by atoms with van der Waals surface area (Å²) >= 11 is 0. The maximum Gasteiger partial charge on any atom is 0.414 e. The highest BCUT2D eigenvalue weighted by atomic mass is 16.6. The van der Waals surface area contributed by atoms with E-state index in [0.29, 0.717) is 17.2 Å². The molecule has 106 valence electrons. The summed E-state index contributed by atoms with van der Waals surface area (Å²) in [6.07, 6.45) is 2.55. The first-order valence-electron chi connectivity index (χ1n) is 5.83. The highest BCUT2D eigenvalue weighted by Crippen LogP contribution is 2.36.